The standard InChI is InChI=1S/C10H8F2N2O/c1-5-2-6(3-8(11)9(5)12)7-4-14-15-10(7)13/h2-4H,13H2,1H3. The highest BCUT2D eigenvalue weighted by Crippen LogP contribution is 2.28. The Labute approximate surface area is 84.5 Å². The molecule has 0 amide bonds. The number of hydrogen-bond acceptors (Lipinski definition) is 3. The van der Waals surface area contributed by atoms with Gasteiger partial charge in [0.15, 0.2) is 11.6 Å². The van der Waals surface area contributed by atoms with Gasteiger partial charge in [-0.1, -0.05) is 5.16 Å². The van der Waals surface area contributed by atoms with Gasteiger partial charge in [-0.2, -0.15) is 0 Å². The lowest BCUT2D eigenvalue weighted by atomic mass is 10.1. The molecule has 0 unspecified atom stereocenters. The second kappa shape index (κ2) is 3.34. The van der Waals surface area contributed by atoms with Crippen molar-refractivity contribution in [3.8, 4) is 11.1 Å². The summed E-state index contributed by atoms with van der Waals surface area (Å²) in [4.78, 5) is 0. The van der Waals surface area contributed by atoms with Gasteiger partial charge in [-0.3, -0.25) is 0 Å². The highest BCUT2D eigenvalue weighted by Gasteiger charge is 2.12. The zero-order valence-corrected chi connectivity index (χ0v) is 7.92. The molecule has 15 heavy (non-hydrogen) atoms. The number of halogens is 2. The topological polar surface area (TPSA) is 52.0 Å². The van der Waals surface area contributed by atoms with Crippen LogP contribution in [0, 0.1) is 18.6 Å². The Morgan fingerprint density at radius 1 is 1.33 bits per heavy atom. The van der Waals surface area contributed by atoms with Gasteiger partial charge >= 0.3 is 0 Å². The van der Waals surface area contributed by atoms with Crippen LogP contribution in [0.4, 0.5) is 14.7 Å². The van der Waals surface area contributed by atoms with Gasteiger partial charge in [0, 0.05) is 0 Å². The minimum atomic E-state index is -0.911. The fraction of sp³-hybridized carbons (Fsp3) is 0.100. The highest BCUT2D eigenvalue weighted by atomic mass is 19.2. The Morgan fingerprint density at radius 3 is 2.60 bits per heavy atom. The summed E-state index contributed by atoms with van der Waals surface area (Å²) in [6.07, 6.45) is 1.36. The summed E-state index contributed by atoms with van der Waals surface area (Å²) in [5, 5.41) is 3.46. The molecule has 1 aromatic carbocycles. The number of aromatic nitrogens is 1. The third-order valence-corrected chi connectivity index (χ3v) is 2.12. The maximum absolute atomic E-state index is 13.1. The minimum absolute atomic E-state index is 0.0837. The van der Waals surface area contributed by atoms with Crippen LogP contribution in [0.15, 0.2) is 22.9 Å². The van der Waals surface area contributed by atoms with Crippen LogP contribution >= 0.6 is 0 Å². The van der Waals surface area contributed by atoms with Gasteiger partial charge < -0.3 is 10.3 Å². The summed E-state index contributed by atoms with van der Waals surface area (Å²) < 4.78 is 30.7. The van der Waals surface area contributed by atoms with E-state index in [4.69, 9.17) is 5.73 Å². The van der Waals surface area contributed by atoms with E-state index in [1.807, 2.05) is 0 Å². The molecule has 0 aliphatic carbocycles. The Morgan fingerprint density at radius 2 is 2.07 bits per heavy atom. The van der Waals surface area contributed by atoms with Gasteiger partial charge in [0.2, 0.25) is 5.88 Å². The van der Waals surface area contributed by atoms with E-state index in [0.29, 0.717) is 11.1 Å². The first-order chi connectivity index (χ1) is 7.09. The van der Waals surface area contributed by atoms with Crippen molar-refractivity contribution in [2.75, 3.05) is 5.73 Å². The first kappa shape index (κ1) is 9.64. The second-order valence-corrected chi connectivity index (χ2v) is 3.19. The molecular weight excluding hydrogens is 202 g/mol. The molecule has 5 heteroatoms. The third-order valence-electron chi connectivity index (χ3n) is 2.12. The van der Waals surface area contributed by atoms with Crippen molar-refractivity contribution in [3.05, 3.63) is 35.5 Å². The van der Waals surface area contributed by atoms with Gasteiger partial charge in [-0.15, -0.1) is 0 Å². The van der Waals surface area contributed by atoms with Crippen LogP contribution in [-0.2, 0) is 0 Å². The molecule has 0 bridgehead atoms. The molecule has 1 heterocycles. The van der Waals surface area contributed by atoms with Gasteiger partial charge in [0.25, 0.3) is 0 Å². The van der Waals surface area contributed by atoms with Gasteiger partial charge in [-0.05, 0) is 30.2 Å². The molecule has 2 N–H and O–H groups in total. The van der Waals surface area contributed by atoms with E-state index in [2.05, 4.69) is 9.68 Å². The van der Waals surface area contributed by atoms with Gasteiger partial charge in [-0.25, -0.2) is 8.78 Å². The first-order valence-corrected chi connectivity index (χ1v) is 4.25. The average Bonchev–Trinajstić information content (AvgIpc) is 2.60. The van der Waals surface area contributed by atoms with E-state index in [-0.39, 0.29) is 11.4 Å². The van der Waals surface area contributed by atoms with E-state index >= 15 is 0 Å². The predicted molar refractivity (Wildman–Crippen MR) is 51.0 cm³/mol. The zero-order chi connectivity index (χ0) is 11.0. The lowest BCUT2D eigenvalue weighted by molar-refractivity contribution is 0.436. The molecule has 0 saturated heterocycles. The Kier molecular flexibility index (Phi) is 2.15. The lowest BCUT2D eigenvalue weighted by Gasteiger charge is -2.02. The average molecular weight is 210 g/mol. The van der Waals surface area contributed by atoms with Crippen molar-refractivity contribution in [2.45, 2.75) is 6.92 Å². The van der Waals surface area contributed by atoms with Crippen LogP contribution in [0.25, 0.3) is 11.1 Å². The Hall–Kier alpha value is -1.91. The molecule has 0 saturated carbocycles. The summed E-state index contributed by atoms with van der Waals surface area (Å²) in [6, 6.07) is 2.55. The van der Waals surface area contributed by atoms with E-state index < -0.39 is 11.6 Å². The van der Waals surface area contributed by atoms with Crippen LogP contribution in [0.1, 0.15) is 5.56 Å². The quantitative estimate of drug-likeness (QED) is 0.786. The van der Waals surface area contributed by atoms with Crippen LogP contribution in [-0.4, -0.2) is 5.16 Å². The smallest absolute Gasteiger partial charge is 0.229 e. The maximum Gasteiger partial charge on any atom is 0.229 e. The van der Waals surface area contributed by atoms with Crippen LogP contribution in [0.5, 0.6) is 0 Å². The number of nitrogens with two attached hydrogens (primary N) is 1. The van der Waals surface area contributed by atoms with E-state index in [1.165, 1.54) is 19.2 Å². The number of anilines is 1. The normalized spacial score (nSPS) is 10.6. The lowest BCUT2D eigenvalue weighted by Crippen LogP contribution is -1.92. The molecule has 3 nitrogen and oxygen atoms in total. The van der Waals surface area contributed by atoms with E-state index in [9.17, 15) is 8.78 Å². The molecule has 0 fully saturated rings. The molecular formula is C10H8F2N2O. The van der Waals surface area contributed by atoms with Gasteiger partial charge in [0.1, 0.15) is 0 Å². The molecule has 0 radical (unpaired) electrons. The van der Waals surface area contributed by atoms with Crippen molar-refractivity contribution in [2.24, 2.45) is 0 Å². The van der Waals surface area contributed by atoms with Crippen molar-refractivity contribution >= 4 is 5.88 Å². The monoisotopic (exact) mass is 210 g/mol. The van der Waals surface area contributed by atoms with Crippen molar-refractivity contribution < 1.29 is 13.3 Å². The fourth-order valence-electron chi connectivity index (χ4n) is 1.35. The highest BCUT2D eigenvalue weighted by molar-refractivity contribution is 5.72. The van der Waals surface area contributed by atoms with Crippen LogP contribution in [0.2, 0.25) is 0 Å². The maximum atomic E-state index is 13.1. The minimum Gasteiger partial charge on any atom is -0.367 e. The number of nitrogens with zero attached hydrogens (tertiary/aromatic N) is 1. The van der Waals surface area contributed by atoms with E-state index in [0.717, 1.165) is 6.07 Å². The summed E-state index contributed by atoms with van der Waals surface area (Å²) in [7, 11) is 0. The second-order valence-electron chi connectivity index (χ2n) is 3.19. The zero-order valence-electron chi connectivity index (χ0n) is 7.92. The molecule has 2 aromatic rings. The number of hydrogen-bond donors (Lipinski definition) is 1. The van der Waals surface area contributed by atoms with E-state index in [1.54, 1.807) is 0 Å². The molecule has 0 aliphatic heterocycles. The number of rotatable bonds is 1. The number of aryl methyl sites for hydroxylation is 1. The largest absolute Gasteiger partial charge is 0.367 e. The Balaban J connectivity index is 2.60. The van der Waals surface area contributed by atoms with Crippen molar-refractivity contribution in [1.82, 2.24) is 5.16 Å². The molecule has 0 atom stereocenters. The van der Waals surface area contributed by atoms with Gasteiger partial charge in [0.05, 0.1) is 11.8 Å². The number of benzene rings is 1. The molecule has 0 spiro atoms. The summed E-state index contributed by atoms with van der Waals surface area (Å²) in [5.41, 5.74) is 6.58. The molecule has 1 aromatic heterocycles. The molecule has 2 rings (SSSR count). The molecule has 0 aliphatic rings. The summed E-state index contributed by atoms with van der Waals surface area (Å²) in [5.74, 6) is -1.68. The SMILES string of the molecule is Cc1cc(-c2cnoc2N)cc(F)c1F. The molecule has 78 valence electrons. The Bertz CT molecular complexity index is 485. The predicted octanol–water partition coefficient (Wildman–Crippen LogP) is 2.51. The fourth-order valence-corrected chi connectivity index (χ4v) is 1.35. The first-order valence-electron chi connectivity index (χ1n) is 4.25. The van der Waals surface area contributed by atoms with Crippen LogP contribution in [0.3, 0.4) is 0 Å². The number of nitrogen functional groups attached to an aromatic ring is 1. The van der Waals surface area contributed by atoms with Crippen LogP contribution < -0.4 is 5.73 Å². The summed E-state index contributed by atoms with van der Waals surface area (Å²) in [6.45, 7) is 1.48. The summed E-state index contributed by atoms with van der Waals surface area (Å²) >= 11 is 0. The van der Waals surface area contributed by atoms with Crippen molar-refractivity contribution in [3.63, 3.8) is 0 Å². The van der Waals surface area contributed by atoms with Crippen molar-refractivity contribution in [1.29, 1.82) is 0 Å². The third kappa shape index (κ3) is 1.56.